The number of benzene rings is 2. The predicted octanol–water partition coefficient (Wildman–Crippen LogP) is 5.77. The SMILES string of the molecule is Cc1cc(C)c(C)c(C(Br)C2Cc3ccccc3C2)c1C. The van der Waals surface area contributed by atoms with Crippen LogP contribution in [0.25, 0.3) is 0 Å². The molecular weight excluding hydrogens is 320 g/mol. The molecule has 0 spiro atoms. The standard InChI is InChI=1S/C20H23Br/c1-12-9-13(2)15(4)19(14(12)3)20(21)18-10-16-7-5-6-8-17(16)11-18/h5-9,18,20H,10-11H2,1-4H3. The molecule has 1 heteroatoms. The summed E-state index contributed by atoms with van der Waals surface area (Å²) in [4.78, 5) is 0.448. The van der Waals surface area contributed by atoms with Crippen molar-refractivity contribution in [2.75, 3.05) is 0 Å². The second-order valence-corrected chi connectivity index (χ2v) is 7.50. The Hall–Kier alpha value is -1.08. The molecule has 0 heterocycles. The number of hydrogen-bond donors (Lipinski definition) is 0. The van der Waals surface area contributed by atoms with Gasteiger partial charge in [-0.15, -0.1) is 0 Å². The van der Waals surface area contributed by atoms with Crippen LogP contribution in [0.15, 0.2) is 30.3 Å². The van der Waals surface area contributed by atoms with Crippen LogP contribution in [0.5, 0.6) is 0 Å². The number of fused-ring (bicyclic) bond motifs is 1. The van der Waals surface area contributed by atoms with Crippen molar-refractivity contribution >= 4 is 15.9 Å². The molecule has 0 bridgehead atoms. The lowest BCUT2D eigenvalue weighted by Crippen LogP contribution is -2.12. The fraction of sp³-hybridized carbons (Fsp3) is 0.400. The molecule has 0 nitrogen and oxygen atoms in total. The zero-order chi connectivity index (χ0) is 15.1. The smallest absolute Gasteiger partial charge is 0.0435 e. The van der Waals surface area contributed by atoms with E-state index in [0.717, 1.165) is 0 Å². The topological polar surface area (TPSA) is 0 Å². The van der Waals surface area contributed by atoms with Gasteiger partial charge in [0.1, 0.15) is 0 Å². The van der Waals surface area contributed by atoms with E-state index in [2.05, 4.69) is 74.0 Å². The van der Waals surface area contributed by atoms with Crippen molar-refractivity contribution in [2.45, 2.75) is 45.4 Å². The fourth-order valence-corrected chi connectivity index (χ4v) is 4.76. The highest BCUT2D eigenvalue weighted by atomic mass is 79.9. The van der Waals surface area contributed by atoms with Crippen molar-refractivity contribution in [2.24, 2.45) is 5.92 Å². The monoisotopic (exact) mass is 342 g/mol. The first-order valence-corrected chi connectivity index (χ1v) is 8.68. The lowest BCUT2D eigenvalue weighted by atomic mass is 9.87. The number of aryl methyl sites for hydroxylation is 2. The fourth-order valence-electron chi connectivity index (χ4n) is 3.70. The van der Waals surface area contributed by atoms with Crippen LogP contribution in [-0.2, 0) is 12.8 Å². The van der Waals surface area contributed by atoms with Gasteiger partial charge in [0.05, 0.1) is 0 Å². The molecule has 0 amide bonds. The highest BCUT2D eigenvalue weighted by Gasteiger charge is 2.30. The molecule has 1 unspecified atom stereocenters. The molecule has 0 aliphatic heterocycles. The minimum Gasteiger partial charge on any atom is -0.0835 e. The van der Waals surface area contributed by atoms with Crippen molar-refractivity contribution in [1.29, 1.82) is 0 Å². The van der Waals surface area contributed by atoms with E-state index in [0.29, 0.717) is 10.7 Å². The molecule has 3 rings (SSSR count). The predicted molar refractivity (Wildman–Crippen MR) is 94.4 cm³/mol. The summed E-state index contributed by atoms with van der Waals surface area (Å²) in [6.45, 7) is 9.00. The average Bonchev–Trinajstić information content (AvgIpc) is 2.89. The van der Waals surface area contributed by atoms with Gasteiger partial charge in [0.2, 0.25) is 0 Å². The van der Waals surface area contributed by atoms with Gasteiger partial charge in [0, 0.05) is 4.83 Å². The van der Waals surface area contributed by atoms with Crippen molar-refractivity contribution in [3.8, 4) is 0 Å². The van der Waals surface area contributed by atoms with Gasteiger partial charge >= 0.3 is 0 Å². The van der Waals surface area contributed by atoms with Gasteiger partial charge in [-0.1, -0.05) is 46.3 Å². The number of alkyl halides is 1. The van der Waals surface area contributed by atoms with E-state index in [-0.39, 0.29) is 0 Å². The average molecular weight is 343 g/mol. The van der Waals surface area contributed by atoms with Crippen molar-refractivity contribution in [3.05, 3.63) is 69.3 Å². The van der Waals surface area contributed by atoms with Crippen LogP contribution < -0.4 is 0 Å². The highest BCUT2D eigenvalue weighted by Crippen LogP contribution is 2.43. The summed E-state index contributed by atoms with van der Waals surface area (Å²) in [5.74, 6) is 0.668. The minimum absolute atomic E-state index is 0.448. The molecule has 0 N–H and O–H groups in total. The van der Waals surface area contributed by atoms with Gasteiger partial charge in [-0.05, 0) is 85.4 Å². The molecular formula is C20H23Br. The van der Waals surface area contributed by atoms with Gasteiger partial charge in [0.25, 0.3) is 0 Å². The van der Waals surface area contributed by atoms with Crippen LogP contribution in [0, 0.1) is 33.6 Å². The van der Waals surface area contributed by atoms with Crippen LogP contribution in [-0.4, -0.2) is 0 Å². The molecule has 0 saturated carbocycles. The maximum absolute atomic E-state index is 4.04. The first-order chi connectivity index (χ1) is 9.99. The Balaban J connectivity index is 1.96. The summed E-state index contributed by atoms with van der Waals surface area (Å²) in [5, 5.41) is 0. The van der Waals surface area contributed by atoms with Crippen LogP contribution in [0.2, 0.25) is 0 Å². The summed E-state index contributed by atoms with van der Waals surface area (Å²) < 4.78 is 0. The van der Waals surface area contributed by atoms with E-state index >= 15 is 0 Å². The Labute approximate surface area is 136 Å². The first-order valence-electron chi connectivity index (χ1n) is 7.77. The van der Waals surface area contributed by atoms with Crippen LogP contribution in [0.1, 0.15) is 43.8 Å². The summed E-state index contributed by atoms with van der Waals surface area (Å²) in [7, 11) is 0. The van der Waals surface area contributed by atoms with Gasteiger partial charge in [0.15, 0.2) is 0 Å². The lowest BCUT2D eigenvalue weighted by molar-refractivity contribution is 0.551. The van der Waals surface area contributed by atoms with Gasteiger partial charge < -0.3 is 0 Å². The molecule has 1 aliphatic carbocycles. The normalized spacial score (nSPS) is 16.0. The van der Waals surface area contributed by atoms with Gasteiger partial charge in [-0.3, -0.25) is 0 Å². The minimum atomic E-state index is 0.448. The first kappa shape index (κ1) is 14.8. The Morgan fingerprint density at radius 1 is 0.905 bits per heavy atom. The zero-order valence-corrected chi connectivity index (χ0v) is 14.9. The van der Waals surface area contributed by atoms with E-state index in [1.165, 1.54) is 51.8 Å². The Morgan fingerprint density at radius 2 is 1.38 bits per heavy atom. The Bertz CT molecular complexity index is 633. The summed E-state index contributed by atoms with van der Waals surface area (Å²) >= 11 is 4.04. The Kier molecular flexibility index (Phi) is 3.96. The molecule has 0 radical (unpaired) electrons. The highest BCUT2D eigenvalue weighted by molar-refractivity contribution is 9.09. The van der Waals surface area contributed by atoms with Gasteiger partial charge in [-0.2, -0.15) is 0 Å². The number of hydrogen-bond acceptors (Lipinski definition) is 0. The largest absolute Gasteiger partial charge is 0.0835 e. The second-order valence-electron chi connectivity index (χ2n) is 6.51. The second kappa shape index (κ2) is 5.61. The van der Waals surface area contributed by atoms with E-state index in [1.807, 2.05) is 0 Å². The van der Waals surface area contributed by atoms with E-state index < -0.39 is 0 Å². The van der Waals surface area contributed by atoms with Crippen molar-refractivity contribution < 1.29 is 0 Å². The molecule has 1 aliphatic rings. The third-order valence-electron chi connectivity index (χ3n) is 5.20. The van der Waals surface area contributed by atoms with Crippen molar-refractivity contribution in [3.63, 3.8) is 0 Å². The summed E-state index contributed by atoms with van der Waals surface area (Å²) in [6.07, 6.45) is 2.38. The quantitative estimate of drug-likeness (QED) is 0.607. The zero-order valence-electron chi connectivity index (χ0n) is 13.3. The van der Waals surface area contributed by atoms with E-state index in [4.69, 9.17) is 0 Å². The number of rotatable bonds is 2. The molecule has 21 heavy (non-hydrogen) atoms. The molecule has 2 aromatic carbocycles. The molecule has 0 saturated heterocycles. The third-order valence-corrected chi connectivity index (χ3v) is 6.40. The van der Waals surface area contributed by atoms with Crippen molar-refractivity contribution in [1.82, 2.24) is 0 Å². The molecule has 1 atom stereocenters. The molecule has 0 fully saturated rings. The summed E-state index contributed by atoms with van der Waals surface area (Å²) in [6, 6.07) is 11.2. The van der Waals surface area contributed by atoms with Crippen LogP contribution in [0.3, 0.4) is 0 Å². The Morgan fingerprint density at radius 3 is 1.86 bits per heavy atom. The molecule has 0 aromatic heterocycles. The molecule has 2 aromatic rings. The molecule has 110 valence electrons. The summed E-state index contributed by atoms with van der Waals surface area (Å²) in [5.41, 5.74) is 10.3. The van der Waals surface area contributed by atoms with Crippen LogP contribution >= 0.6 is 15.9 Å². The van der Waals surface area contributed by atoms with E-state index in [1.54, 1.807) is 0 Å². The lowest BCUT2D eigenvalue weighted by Gasteiger charge is -2.24. The maximum Gasteiger partial charge on any atom is 0.0435 e. The van der Waals surface area contributed by atoms with Gasteiger partial charge in [-0.25, -0.2) is 0 Å². The number of halogens is 1. The maximum atomic E-state index is 4.04. The van der Waals surface area contributed by atoms with E-state index in [9.17, 15) is 0 Å². The van der Waals surface area contributed by atoms with Crippen LogP contribution in [0.4, 0.5) is 0 Å². The third kappa shape index (κ3) is 2.57.